The molecule has 1 fully saturated rings. The van der Waals surface area contributed by atoms with E-state index in [-0.39, 0.29) is 24.7 Å². The van der Waals surface area contributed by atoms with Crippen molar-refractivity contribution in [3.63, 3.8) is 0 Å². The van der Waals surface area contributed by atoms with Crippen molar-refractivity contribution in [3.8, 4) is 0 Å². The van der Waals surface area contributed by atoms with Gasteiger partial charge in [0.25, 0.3) is 0 Å². The normalized spacial score (nSPS) is 19.6. The van der Waals surface area contributed by atoms with Crippen molar-refractivity contribution in [2.45, 2.75) is 71.1 Å². The van der Waals surface area contributed by atoms with E-state index >= 15 is 0 Å². The van der Waals surface area contributed by atoms with E-state index in [9.17, 15) is 24.0 Å². The Morgan fingerprint density at radius 2 is 1.59 bits per heavy atom. The number of carbonyl (C=O) groups is 5. The van der Waals surface area contributed by atoms with Gasteiger partial charge < -0.3 is 26.4 Å². The highest BCUT2D eigenvalue weighted by molar-refractivity contribution is 5.95. The average Bonchev–Trinajstić information content (AvgIpc) is 2.99. The molecule has 4 atom stereocenters. The molecule has 0 aromatic rings. The van der Waals surface area contributed by atoms with Gasteiger partial charge in [0, 0.05) is 6.42 Å². The van der Waals surface area contributed by atoms with E-state index in [0.717, 1.165) is 0 Å². The highest BCUT2D eigenvalue weighted by atomic mass is 16.4. The number of aliphatic carboxylic acids is 1. The molecule has 1 rings (SSSR count). The van der Waals surface area contributed by atoms with Crippen molar-refractivity contribution in [3.05, 3.63) is 0 Å². The predicted molar refractivity (Wildman–Crippen MR) is 95.4 cm³/mol. The zero-order valence-electron chi connectivity index (χ0n) is 16.0. The van der Waals surface area contributed by atoms with Crippen molar-refractivity contribution < 1.29 is 29.1 Å². The van der Waals surface area contributed by atoms with Crippen LogP contribution in [-0.2, 0) is 24.0 Å². The minimum absolute atomic E-state index is 0.0719. The first kappa shape index (κ1) is 22.4. The molecule has 1 aliphatic rings. The van der Waals surface area contributed by atoms with Gasteiger partial charge in [0.2, 0.25) is 23.6 Å². The Hall–Kier alpha value is -2.65. The Balaban J connectivity index is 2.51. The number of carbonyl (C=O) groups excluding carboxylic acids is 4. The molecule has 0 bridgehead atoms. The third kappa shape index (κ3) is 7.24. The monoisotopic (exact) mass is 384 g/mol. The summed E-state index contributed by atoms with van der Waals surface area (Å²) in [4.78, 5) is 58.7. The molecule has 0 unspecified atom stereocenters. The lowest BCUT2D eigenvalue weighted by atomic mass is 10.0. The molecule has 0 spiro atoms. The van der Waals surface area contributed by atoms with E-state index in [1.807, 2.05) is 13.8 Å². The fourth-order valence-corrected chi connectivity index (χ4v) is 2.58. The van der Waals surface area contributed by atoms with Crippen LogP contribution >= 0.6 is 0 Å². The molecule has 0 radical (unpaired) electrons. The van der Waals surface area contributed by atoms with E-state index in [1.165, 1.54) is 13.8 Å². The third-order valence-electron chi connectivity index (χ3n) is 4.14. The van der Waals surface area contributed by atoms with Crippen LogP contribution in [0.25, 0.3) is 0 Å². The first-order valence-corrected chi connectivity index (χ1v) is 8.94. The minimum atomic E-state index is -1.14. The quantitative estimate of drug-likeness (QED) is 0.340. The summed E-state index contributed by atoms with van der Waals surface area (Å²) in [6, 6.07) is -3.60. The van der Waals surface area contributed by atoms with Crippen LogP contribution < -0.4 is 21.3 Å². The van der Waals surface area contributed by atoms with Crippen LogP contribution in [0.2, 0.25) is 0 Å². The maximum Gasteiger partial charge on any atom is 0.326 e. The number of hydrogen-bond donors (Lipinski definition) is 5. The summed E-state index contributed by atoms with van der Waals surface area (Å²) < 4.78 is 0. The van der Waals surface area contributed by atoms with E-state index in [2.05, 4.69) is 21.3 Å². The van der Waals surface area contributed by atoms with Gasteiger partial charge in [0.15, 0.2) is 0 Å². The Labute approximate surface area is 157 Å². The van der Waals surface area contributed by atoms with Crippen LogP contribution in [0, 0.1) is 5.92 Å². The van der Waals surface area contributed by atoms with Gasteiger partial charge in [-0.15, -0.1) is 0 Å². The van der Waals surface area contributed by atoms with E-state index < -0.39 is 47.9 Å². The van der Waals surface area contributed by atoms with Gasteiger partial charge in [-0.1, -0.05) is 13.8 Å². The molecule has 0 aliphatic carbocycles. The fourth-order valence-electron chi connectivity index (χ4n) is 2.58. The summed E-state index contributed by atoms with van der Waals surface area (Å²) in [5.74, 6) is -2.98. The highest BCUT2D eigenvalue weighted by Gasteiger charge is 2.30. The van der Waals surface area contributed by atoms with Crippen LogP contribution in [0.5, 0.6) is 0 Å². The summed E-state index contributed by atoms with van der Waals surface area (Å²) in [5.41, 5.74) is 0. The maximum absolute atomic E-state index is 12.2. The Kier molecular flexibility index (Phi) is 8.20. The van der Waals surface area contributed by atoms with Gasteiger partial charge in [-0.2, -0.15) is 0 Å². The van der Waals surface area contributed by atoms with Crippen molar-refractivity contribution in [2.24, 2.45) is 5.92 Å². The smallest absolute Gasteiger partial charge is 0.326 e. The Morgan fingerprint density at radius 1 is 1.04 bits per heavy atom. The first-order chi connectivity index (χ1) is 12.5. The highest BCUT2D eigenvalue weighted by Crippen LogP contribution is 2.07. The first-order valence-electron chi connectivity index (χ1n) is 8.94. The second-order valence-electron chi connectivity index (χ2n) is 7.15. The molecule has 0 aromatic carbocycles. The van der Waals surface area contributed by atoms with Crippen LogP contribution in [0.4, 0.5) is 0 Å². The SMILES string of the molecule is CC(C)C[C@H](NC(=O)[C@H](C)NC(=O)[C@H](C)NC(=O)[C@@H]1CCC(=O)N1)C(=O)O. The number of carboxylic acids is 1. The largest absolute Gasteiger partial charge is 0.480 e. The second-order valence-corrected chi connectivity index (χ2v) is 7.15. The van der Waals surface area contributed by atoms with Crippen LogP contribution in [0.1, 0.15) is 47.0 Å². The molecule has 10 nitrogen and oxygen atoms in total. The van der Waals surface area contributed by atoms with Gasteiger partial charge in [0.1, 0.15) is 24.2 Å². The minimum Gasteiger partial charge on any atom is -0.480 e. The second kappa shape index (κ2) is 9.89. The van der Waals surface area contributed by atoms with Crippen molar-refractivity contribution in [1.82, 2.24) is 21.3 Å². The zero-order valence-corrected chi connectivity index (χ0v) is 16.0. The molecule has 0 saturated carbocycles. The number of hydrogen-bond acceptors (Lipinski definition) is 5. The Morgan fingerprint density at radius 3 is 2.07 bits per heavy atom. The summed E-state index contributed by atoms with van der Waals surface area (Å²) in [6.07, 6.45) is 0.891. The molecule has 1 aliphatic heterocycles. The molecular weight excluding hydrogens is 356 g/mol. The fraction of sp³-hybridized carbons (Fsp3) is 0.706. The van der Waals surface area contributed by atoms with Crippen LogP contribution in [0.15, 0.2) is 0 Å². The topological polar surface area (TPSA) is 154 Å². The van der Waals surface area contributed by atoms with Crippen LogP contribution in [0.3, 0.4) is 0 Å². The lowest BCUT2D eigenvalue weighted by Crippen LogP contribution is -2.55. The van der Waals surface area contributed by atoms with Crippen molar-refractivity contribution >= 4 is 29.6 Å². The molecule has 5 N–H and O–H groups in total. The number of carboxylic acid groups (broad SMARTS) is 1. The number of amides is 4. The zero-order chi connectivity index (χ0) is 20.7. The molecule has 152 valence electrons. The van der Waals surface area contributed by atoms with Gasteiger partial charge in [-0.3, -0.25) is 19.2 Å². The number of nitrogens with one attached hydrogen (secondary N) is 4. The van der Waals surface area contributed by atoms with Crippen LogP contribution in [-0.4, -0.2) is 58.9 Å². The standard InChI is InChI=1S/C17H28N4O6/c1-8(2)7-12(17(26)27)21-15(24)10(4)18-14(23)9(3)19-16(25)11-5-6-13(22)20-11/h8-12H,5-7H2,1-4H3,(H,18,23)(H,19,25)(H,20,22)(H,21,24)(H,26,27)/t9-,10-,11-,12-/m0/s1. The van der Waals surface area contributed by atoms with Gasteiger partial charge >= 0.3 is 5.97 Å². The maximum atomic E-state index is 12.2. The predicted octanol–water partition coefficient (Wildman–Crippen LogP) is -1.11. The molecule has 4 amide bonds. The van der Waals surface area contributed by atoms with E-state index in [0.29, 0.717) is 6.42 Å². The molecule has 10 heteroatoms. The number of rotatable bonds is 9. The van der Waals surface area contributed by atoms with E-state index in [1.54, 1.807) is 0 Å². The summed E-state index contributed by atoms with van der Waals surface area (Å²) >= 11 is 0. The van der Waals surface area contributed by atoms with E-state index in [4.69, 9.17) is 5.11 Å². The van der Waals surface area contributed by atoms with Gasteiger partial charge in [0.05, 0.1) is 0 Å². The average molecular weight is 384 g/mol. The van der Waals surface area contributed by atoms with Gasteiger partial charge in [-0.25, -0.2) is 4.79 Å². The Bertz CT molecular complexity index is 606. The van der Waals surface area contributed by atoms with Crippen molar-refractivity contribution in [2.75, 3.05) is 0 Å². The lowest BCUT2D eigenvalue weighted by molar-refractivity contribution is -0.142. The molecule has 27 heavy (non-hydrogen) atoms. The molecule has 0 aromatic heterocycles. The molecule has 1 heterocycles. The molecular formula is C17H28N4O6. The third-order valence-corrected chi connectivity index (χ3v) is 4.14. The summed E-state index contributed by atoms with van der Waals surface area (Å²) in [6.45, 7) is 6.55. The summed E-state index contributed by atoms with van der Waals surface area (Å²) in [7, 11) is 0. The lowest BCUT2D eigenvalue weighted by Gasteiger charge is -2.22. The van der Waals surface area contributed by atoms with Crippen molar-refractivity contribution in [1.29, 1.82) is 0 Å². The molecule has 1 saturated heterocycles. The summed E-state index contributed by atoms with van der Waals surface area (Å²) in [5, 5.41) is 19.0. The van der Waals surface area contributed by atoms with Gasteiger partial charge in [-0.05, 0) is 32.6 Å².